The number of benzene rings is 2. The number of Topliss-reactive ketones (excluding diaryl/α,β-unsaturated/α-hetero) is 1. The second-order valence-electron chi connectivity index (χ2n) is 12.8. The number of aromatic hydroxyl groups is 3. The van der Waals surface area contributed by atoms with E-state index in [9.17, 15) is 39.6 Å². The van der Waals surface area contributed by atoms with Crippen LogP contribution in [0.15, 0.2) is 33.2 Å². The number of carbonyl (C=O) groups excluding carboxylic acids is 3. The maximum Gasteiger partial charge on any atom is 0.374 e. The van der Waals surface area contributed by atoms with Gasteiger partial charge in [0.15, 0.2) is 40.8 Å². The fourth-order valence-electron chi connectivity index (χ4n) is 7.22. The van der Waals surface area contributed by atoms with Crippen LogP contribution in [0.2, 0.25) is 0 Å². The van der Waals surface area contributed by atoms with Crippen LogP contribution in [0.1, 0.15) is 81.1 Å². The lowest BCUT2D eigenvalue weighted by Gasteiger charge is -2.45. The molecule has 16 heteroatoms. The topological polar surface area (TPSA) is 227 Å². The van der Waals surface area contributed by atoms with Crippen molar-refractivity contribution in [1.29, 1.82) is 0 Å². The molecule has 1 aliphatic carbocycles. The van der Waals surface area contributed by atoms with Crippen LogP contribution < -0.4 is 15.1 Å². The SMILES string of the molecule is COC(=O)c1cc2cc3c(c(O)c2c(=O)o1)O[C@]1(C[C@H](OC2CC(OC)CC(C)O2)c2c(O)c4c(c(O)c2O1)C(=O)C(OC)=CC4=O)C(O)CC3. The number of hydrogen-bond donors (Lipinski definition) is 4. The fraction of sp³-hybridized carbons (Fsp3) is 0.429. The number of methoxy groups -OCH3 is 3. The van der Waals surface area contributed by atoms with Gasteiger partial charge in [-0.1, -0.05) is 0 Å². The van der Waals surface area contributed by atoms with E-state index in [2.05, 4.69) is 4.74 Å². The van der Waals surface area contributed by atoms with Gasteiger partial charge in [-0.15, -0.1) is 0 Å². The summed E-state index contributed by atoms with van der Waals surface area (Å²) >= 11 is 0. The highest BCUT2D eigenvalue weighted by Gasteiger charge is 2.55. The number of aliphatic hydroxyl groups excluding tert-OH is 1. The summed E-state index contributed by atoms with van der Waals surface area (Å²) in [5.74, 6) is -8.77. The number of allylic oxidation sites excluding steroid dienone is 2. The van der Waals surface area contributed by atoms with Crippen molar-refractivity contribution in [2.75, 3.05) is 21.3 Å². The van der Waals surface area contributed by atoms with Crippen molar-refractivity contribution in [3.63, 3.8) is 0 Å². The van der Waals surface area contributed by atoms with Crippen molar-refractivity contribution < 1.29 is 72.4 Å². The summed E-state index contributed by atoms with van der Waals surface area (Å²) in [5.41, 5.74) is -2.10. The number of hydrogen-bond acceptors (Lipinski definition) is 16. The van der Waals surface area contributed by atoms with Crippen LogP contribution in [0.4, 0.5) is 0 Å². The summed E-state index contributed by atoms with van der Waals surface area (Å²) in [7, 11) is 3.81. The Balaban J connectivity index is 1.40. The van der Waals surface area contributed by atoms with Crippen LogP contribution >= 0.6 is 0 Å². The molecule has 6 atom stereocenters. The Kier molecular flexibility index (Phi) is 8.45. The molecule has 4 unspecified atom stereocenters. The molecule has 51 heavy (non-hydrogen) atoms. The van der Waals surface area contributed by atoms with E-state index >= 15 is 0 Å². The lowest BCUT2D eigenvalue weighted by molar-refractivity contribution is -0.266. The van der Waals surface area contributed by atoms with E-state index in [1.54, 1.807) is 7.11 Å². The quantitative estimate of drug-likeness (QED) is 0.220. The Labute approximate surface area is 288 Å². The van der Waals surface area contributed by atoms with Gasteiger partial charge in [-0.25, -0.2) is 9.59 Å². The molecule has 4 N–H and O–H groups in total. The number of esters is 1. The monoisotopic (exact) mass is 710 g/mol. The van der Waals surface area contributed by atoms with Crippen molar-refractivity contribution in [2.24, 2.45) is 0 Å². The molecular formula is C35H34O16. The van der Waals surface area contributed by atoms with Gasteiger partial charge in [-0.05, 0) is 49.3 Å². The molecule has 1 aromatic heterocycles. The average molecular weight is 711 g/mol. The zero-order chi connectivity index (χ0) is 36.5. The second-order valence-corrected chi connectivity index (χ2v) is 12.8. The summed E-state index contributed by atoms with van der Waals surface area (Å²) in [6.07, 6.45) is -3.13. The second kappa shape index (κ2) is 12.6. The zero-order valence-electron chi connectivity index (χ0n) is 27.8. The molecule has 0 bridgehead atoms. The summed E-state index contributed by atoms with van der Waals surface area (Å²) in [4.78, 5) is 51.7. The van der Waals surface area contributed by atoms with Crippen molar-refractivity contribution in [2.45, 2.75) is 75.5 Å². The Morgan fingerprint density at radius 2 is 1.71 bits per heavy atom. The molecule has 270 valence electrons. The number of phenolic OH excluding ortho intramolecular Hbond substituents is 3. The van der Waals surface area contributed by atoms with Crippen LogP contribution in [0.25, 0.3) is 10.8 Å². The normalized spacial score (nSPS) is 27.0. The minimum atomic E-state index is -2.21. The number of phenols is 3. The van der Waals surface area contributed by atoms with E-state index in [0.29, 0.717) is 12.0 Å². The number of carbonyl (C=O) groups is 3. The predicted molar refractivity (Wildman–Crippen MR) is 170 cm³/mol. The predicted octanol–water partition coefficient (Wildman–Crippen LogP) is 3.07. The van der Waals surface area contributed by atoms with Crippen molar-refractivity contribution in [1.82, 2.24) is 0 Å². The van der Waals surface area contributed by atoms with Gasteiger partial charge < -0.3 is 58.0 Å². The van der Waals surface area contributed by atoms with Crippen molar-refractivity contribution in [3.05, 3.63) is 62.4 Å². The van der Waals surface area contributed by atoms with Crippen LogP contribution in [0, 0.1) is 0 Å². The molecule has 1 spiro atoms. The van der Waals surface area contributed by atoms with E-state index in [4.69, 9.17) is 32.8 Å². The molecule has 1 saturated heterocycles. The average Bonchev–Trinajstić information content (AvgIpc) is 3.22. The Hall–Kier alpha value is -5.16. The summed E-state index contributed by atoms with van der Waals surface area (Å²) in [6.45, 7) is 1.82. The van der Waals surface area contributed by atoms with Crippen LogP contribution in [-0.2, 0) is 30.1 Å². The molecule has 0 saturated carbocycles. The molecule has 4 heterocycles. The van der Waals surface area contributed by atoms with Gasteiger partial charge in [-0.3, -0.25) is 9.59 Å². The van der Waals surface area contributed by atoms with E-state index < -0.39 is 99.5 Å². The standard InChI is InChI=1S/C35H34O16/c1-13-7-16(44-2)10-22(47-13)48-20-12-35(51-32-25(20)28(39)24-17(36)11-18(45-3)27(38)26(24)30(32)41)21(37)6-5-14-8-15-9-19(33(42)46-4)49-34(43)23(15)29(40)31(14)50-35/h8-9,11,13,16,20-22,37,39-41H,5-7,10,12H2,1-4H3/t13?,16?,20-,21?,22?,35-/m0/s1. The first-order chi connectivity index (χ1) is 24.3. The maximum atomic E-state index is 13.4. The van der Waals surface area contributed by atoms with E-state index in [-0.39, 0.29) is 53.6 Å². The first kappa shape index (κ1) is 34.3. The lowest BCUT2D eigenvalue weighted by Crippen LogP contribution is -2.55. The molecular weight excluding hydrogens is 676 g/mol. The zero-order valence-corrected chi connectivity index (χ0v) is 27.8. The molecule has 4 aliphatic rings. The summed E-state index contributed by atoms with van der Waals surface area (Å²) < 4.78 is 45.4. The molecule has 2 aromatic carbocycles. The lowest BCUT2D eigenvalue weighted by atomic mass is 9.84. The third kappa shape index (κ3) is 5.45. The first-order valence-electron chi connectivity index (χ1n) is 16.1. The number of fused-ring (bicyclic) bond motifs is 4. The third-order valence-corrected chi connectivity index (χ3v) is 9.68. The molecule has 3 aliphatic heterocycles. The van der Waals surface area contributed by atoms with E-state index in [1.807, 2.05) is 6.92 Å². The number of aliphatic hydroxyl groups is 1. The van der Waals surface area contributed by atoms with Crippen LogP contribution in [-0.4, -0.2) is 89.7 Å². The van der Waals surface area contributed by atoms with Gasteiger partial charge in [0.1, 0.15) is 23.3 Å². The smallest absolute Gasteiger partial charge is 0.374 e. The minimum Gasteiger partial charge on any atom is -0.507 e. The van der Waals surface area contributed by atoms with Gasteiger partial charge in [0.05, 0.1) is 49.5 Å². The van der Waals surface area contributed by atoms with Crippen molar-refractivity contribution in [3.8, 4) is 28.7 Å². The van der Waals surface area contributed by atoms with E-state index in [1.165, 1.54) is 12.1 Å². The number of ketones is 2. The number of rotatable bonds is 5. The molecule has 7 rings (SSSR count). The van der Waals surface area contributed by atoms with Gasteiger partial charge >= 0.3 is 11.6 Å². The maximum absolute atomic E-state index is 13.4. The molecule has 3 aromatic rings. The number of ether oxygens (including phenoxy) is 7. The highest BCUT2D eigenvalue weighted by Crippen LogP contribution is 2.57. The van der Waals surface area contributed by atoms with Crippen LogP contribution in [0.5, 0.6) is 28.7 Å². The van der Waals surface area contributed by atoms with Gasteiger partial charge in [0, 0.05) is 19.6 Å². The largest absolute Gasteiger partial charge is 0.507 e. The van der Waals surface area contributed by atoms with Crippen molar-refractivity contribution >= 4 is 28.3 Å². The highest BCUT2D eigenvalue weighted by atomic mass is 16.7. The minimum absolute atomic E-state index is 0.0620. The Bertz CT molecular complexity index is 2080. The van der Waals surface area contributed by atoms with E-state index in [0.717, 1.165) is 20.3 Å². The van der Waals surface area contributed by atoms with Gasteiger partial charge in [0.25, 0.3) is 5.79 Å². The van der Waals surface area contributed by atoms with Gasteiger partial charge in [0.2, 0.25) is 11.5 Å². The Morgan fingerprint density at radius 1 is 0.961 bits per heavy atom. The van der Waals surface area contributed by atoms with Gasteiger partial charge in [-0.2, -0.15) is 0 Å². The third-order valence-electron chi connectivity index (χ3n) is 9.68. The molecule has 1 fully saturated rings. The highest BCUT2D eigenvalue weighted by molar-refractivity contribution is 6.26. The molecule has 0 radical (unpaired) electrons. The molecule has 0 amide bonds. The number of aryl methyl sites for hydroxylation is 1. The summed E-state index contributed by atoms with van der Waals surface area (Å²) in [6, 6.07) is 2.70. The van der Waals surface area contributed by atoms with Crippen LogP contribution in [0.3, 0.4) is 0 Å². The Morgan fingerprint density at radius 3 is 2.41 bits per heavy atom. The first-order valence-corrected chi connectivity index (χ1v) is 16.1. The molecule has 16 nitrogen and oxygen atoms in total. The fourth-order valence-corrected chi connectivity index (χ4v) is 7.22. The summed E-state index contributed by atoms with van der Waals surface area (Å²) in [5, 5.41) is 46.3.